The summed E-state index contributed by atoms with van der Waals surface area (Å²) in [6, 6.07) is 2.66. The standard InChI is InChI=1S/C10H13FN2O3/c1-16-9-3-2-6(11)4-8(9)13-10(15)7(12)5-14/h2-4,7,14H,5,12H2,1H3,(H,13,15). The molecule has 1 aromatic rings. The van der Waals surface area contributed by atoms with Gasteiger partial charge < -0.3 is 20.9 Å². The number of halogens is 1. The Balaban J connectivity index is 2.87. The summed E-state index contributed by atoms with van der Waals surface area (Å²) in [5.41, 5.74) is 5.47. The molecule has 88 valence electrons. The lowest BCUT2D eigenvalue weighted by Crippen LogP contribution is -2.38. The lowest BCUT2D eigenvalue weighted by molar-refractivity contribution is -0.118. The minimum Gasteiger partial charge on any atom is -0.495 e. The summed E-state index contributed by atoms with van der Waals surface area (Å²) in [6.07, 6.45) is 0. The zero-order chi connectivity index (χ0) is 12.1. The predicted octanol–water partition coefficient (Wildman–Crippen LogP) is 0.0924. The summed E-state index contributed by atoms with van der Waals surface area (Å²) < 4.78 is 17.9. The molecule has 1 aromatic carbocycles. The highest BCUT2D eigenvalue weighted by atomic mass is 19.1. The molecule has 1 unspecified atom stereocenters. The van der Waals surface area contributed by atoms with Gasteiger partial charge in [0.15, 0.2) is 0 Å². The summed E-state index contributed by atoms with van der Waals surface area (Å²) in [4.78, 5) is 11.3. The molecule has 0 saturated heterocycles. The van der Waals surface area contributed by atoms with Crippen molar-refractivity contribution in [3.63, 3.8) is 0 Å². The second-order valence-corrected chi connectivity index (χ2v) is 3.12. The van der Waals surface area contributed by atoms with Crippen molar-refractivity contribution in [1.82, 2.24) is 0 Å². The van der Waals surface area contributed by atoms with Crippen molar-refractivity contribution in [2.45, 2.75) is 6.04 Å². The summed E-state index contributed by atoms with van der Waals surface area (Å²) in [5, 5.41) is 11.0. The number of anilines is 1. The fraction of sp³-hybridized carbons (Fsp3) is 0.300. The summed E-state index contributed by atoms with van der Waals surface area (Å²) in [7, 11) is 1.40. The number of carbonyl (C=O) groups is 1. The van der Waals surface area contributed by atoms with Crippen LogP contribution in [0.4, 0.5) is 10.1 Å². The number of rotatable bonds is 4. The summed E-state index contributed by atoms with van der Waals surface area (Å²) >= 11 is 0. The molecule has 16 heavy (non-hydrogen) atoms. The van der Waals surface area contributed by atoms with E-state index in [9.17, 15) is 9.18 Å². The Hall–Kier alpha value is -1.66. The third-order valence-electron chi connectivity index (χ3n) is 1.95. The molecule has 1 atom stereocenters. The van der Waals surface area contributed by atoms with Gasteiger partial charge in [-0.25, -0.2) is 4.39 Å². The maximum Gasteiger partial charge on any atom is 0.243 e. The Morgan fingerprint density at radius 2 is 2.38 bits per heavy atom. The first-order valence-electron chi connectivity index (χ1n) is 4.59. The minimum atomic E-state index is -1.05. The van der Waals surface area contributed by atoms with Crippen LogP contribution in [0, 0.1) is 5.82 Å². The van der Waals surface area contributed by atoms with E-state index in [2.05, 4.69) is 5.32 Å². The molecule has 0 bridgehead atoms. The number of amides is 1. The maximum atomic E-state index is 12.9. The van der Waals surface area contributed by atoms with Gasteiger partial charge in [0.25, 0.3) is 0 Å². The summed E-state index contributed by atoms with van der Waals surface area (Å²) in [5.74, 6) is -0.792. The lowest BCUT2D eigenvalue weighted by atomic mass is 10.2. The van der Waals surface area contributed by atoms with Gasteiger partial charge in [0, 0.05) is 6.07 Å². The fourth-order valence-electron chi connectivity index (χ4n) is 1.09. The second kappa shape index (κ2) is 5.43. The molecule has 0 heterocycles. The van der Waals surface area contributed by atoms with Gasteiger partial charge in [-0.2, -0.15) is 0 Å². The number of aliphatic hydroxyl groups is 1. The Morgan fingerprint density at radius 3 is 2.94 bits per heavy atom. The third-order valence-corrected chi connectivity index (χ3v) is 1.95. The molecule has 0 aliphatic heterocycles. The van der Waals surface area contributed by atoms with Crippen molar-refractivity contribution in [3.05, 3.63) is 24.0 Å². The van der Waals surface area contributed by atoms with Gasteiger partial charge in [-0.3, -0.25) is 4.79 Å². The second-order valence-electron chi connectivity index (χ2n) is 3.12. The first-order valence-corrected chi connectivity index (χ1v) is 4.59. The molecule has 6 heteroatoms. The maximum absolute atomic E-state index is 12.9. The zero-order valence-corrected chi connectivity index (χ0v) is 8.74. The third kappa shape index (κ3) is 2.91. The highest BCUT2D eigenvalue weighted by Crippen LogP contribution is 2.24. The normalized spacial score (nSPS) is 12.0. The highest BCUT2D eigenvalue weighted by molar-refractivity contribution is 5.96. The fourth-order valence-corrected chi connectivity index (χ4v) is 1.09. The topological polar surface area (TPSA) is 84.6 Å². The van der Waals surface area contributed by atoms with Crippen LogP contribution in [0.1, 0.15) is 0 Å². The van der Waals surface area contributed by atoms with E-state index >= 15 is 0 Å². The van der Waals surface area contributed by atoms with E-state index in [0.717, 1.165) is 6.07 Å². The van der Waals surface area contributed by atoms with Gasteiger partial charge in [-0.1, -0.05) is 0 Å². The van der Waals surface area contributed by atoms with Crippen molar-refractivity contribution in [1.29, 1.82) is 0 Å². The predicted molar refractivity (Wildman–Crippen MR) is 56.6 cm³/mol. The zero-order valence-electron chi connectivity index (χ0n) is 8.74. The molecule has 0 radical (unpaired) electrons. The van der Waals surface area contributed by atoms with E-state index in [1.165, 1.54) is 19.2 Å². The van der Waals surface area contributed by atoms with Gasteiger partial charge >= 0.3 is 0 Å². The van der Waals surface area contributed by atoms with Crippen LogP contribution in [0.15, 0.2) is 18.2 Å². The van der Waals surface area contributed by atoms with Crippen molar-refractivity contribution >= 4 is 11.6 Å². The van der Waals surface area contributed by atoms with Gasteiger partial charge in [0.2, 0.25) is 5.91 Å². The van der Waals surface area contributed by atoms with Crippen molar-refractivity contribution in [3.8, 4) is 5.75 Å². The molecular weight excluding hydrogens is 215 g/mol. The molecule has 5 nitrogen and oxygen atoms in total. The van der Waals surface area contributed by atoms with E-state index in [1.807, 2.05) is 0 Å². The molecular formula is C10H13FN2O3. The molecule has 0 aromatic heterocycles. The largest absolute Gasteiger partial charge is 0.495 e. The van der Waals surface area contributed by atoms with Crippen LogP contribution in [-0.4, -0.2) is 30.8 Å². The van der Waals surface area contributed by atoms with Crippen LogP contribution >= 0.6 is 0 Å². The van der Waals surface area contributed by atoms with Crippen LogP contribution in [0.3, 0.4) is 0 Å². The monoisotopic (exact) mass is 228 g/mol. The molecule has 0 aliphatic carbocycles. The molecule has 0 fully saturated rings. The number of aliphatic hydroxyl groups excluding tert-OH is 1. The number of carbonyl (C=O) groups excluding carboxylic acids is 1. The highest BCUT2D eigenvalue weighted by Gasteiger charge is 2.14. The van der Waals surface area contributed by atoms with Gasteiger partial charge in [0.05, 0.1) is 19.4 Å². The average Bonchev–Trinajstić information content (AvgIpc) is 2.28. The molecule has 0 aliphatic rings. The first kappa shape index (κ1) is 12.4. The van der Waals surface area contributed by atoms with E-state index in [4.69, 9.17) is 15.6 Å². The van der Waals surface area contributed by atoms with E-state index in [1.54, 1.807) is 0 Å². The summed E-state index contributed by atoms with van der Waals surface area (Å²) in [6.45, 7) is -0.483. The Kier molecular flexibility index (Phi) is 4.21. The van der Waals surface area contributed by atoms with Gasteiger partial charge in [0.1, 0.15) is 17.6 Å². The van der Waals surface area contributed by atoms with Crippen LogP contribution in [0.25, 0.3) is 0 Å². The smallest absolute Gasteiger partial charge is 0.243 e. The lowest BCUT2D eigenvalue weighted by Gasteiger charge is -2.12. The molecule has 4 N–H and O–H groups in total. The number of methoxy groups -OCH3 is 1. The minimum absolute atomic E-state index is 0.177. The van der Waals surface area contributed by atoms with Gasteiger partial charge in [-0.15, -0.1) is 0 Å². The van der Waals surface area contributed by atoms with E-state index in [-0.39, 0.29) is 5.69 Å². The molecule has 0 spiro atoms. The van der Waals surface area contributed by atoms with E-state index in [0.29, 0.717) is 5.75 Å². The number of benzene rings is 1. The van der Waals surface area contributed by atoms with Crippen LogP contribution in [-0.2, 0) is 4.79 Å². The SMILES string of the molecule is COc1ccc(F)cc1NC(=O)C(N)CO. The van der Waals surface area contributed by atoms with Crippen molar-refractivity contribution in [2.75, 3.05) is 19.0 Å². The van der Waals surface area contributed by atoms with Crippen molar-refractivity contribution in [2.24, 2.45) is 5.73 Å². The molecule has 0 saturated carbocycles. The molecule has 1 amide bonds. The quantitative estimate of drug-likeness (QED) is 0.682. The number of nitrogens with two attached hydrogens (primary N) is 1. The number of hydrogen-bond donors (Lipinski definition) is 3. The average molecular weight is 228 g/mol. The van der Waals surface area contributed by atoms with Crippen LogP contribution < -0.4 is 15.8 Å². The first-order chi connectivity index (χ1) is 7.58. The number of hydrogen-bond acceptors (Lipinski definition) is 4. The van der Waals surface area contributed by atoms with Crippen LogP contribution in [0.5, 0.6) is 5.75 Å². The number of nitrogens with one attached hydrogen (secondary N) is 1. The van der Waals surface area contributed by atoms with Crippen molar-refractivity contribution < 1.29 is 19.0 Å². The Morgan fingerprint density at radius 1 is 1.69 bits per heavy atom. The van der Waals surface area contributed by atoms with Crippen LogP contribution in [0.2, 0.25) is 0 Å². The van der Waals surface area contributed by atoms with E-state index < -0.39 is 24.4 Å². The number of ether oxygens (including phenoxy) is 1. The Bertz CT molecular complexity index is 384. The molecule has 1 rings (SSSR count). The Labute approximate surface area is 92.0 Å². The van der Waals surface area contributed by atoms with Gasteiger partial charge in [-0.05, 0) is 12.1 Å².